The quantitative estimate of drug-likeness (QED) is 0.192. The zero-order chi connectivity index (χ0) is 20.2. The summed E-state index contributed by atoms with van der Waals surface area (Å²) in [5, 5.41) is 33.7. The minimum atomic E-state index is -1.10. The van der Waals surface area contributed by atoms with Gasteiger partial charge in [-0.1, -0.05) is 77.4 Å². The molecule has 0 aliphatic heterocycles. The summed E-state index contributed by atoms with van der Waals surface area (Å²) in [4.78, 5) is 21.3. The molecule has 1 atom stereocenters. The zero-order valence-corrected chi connectivity index (χ0v) is 16.4. The van der Waals surface area contributed by atoms with E-state index in [1.54, 1.807) is 6.08 Å². The van der Waals surface area contributed by atoms with Gasteiger partial charge >= 0.3 is 11.9 Å². The van der Waals surface area contributed by atoms with Crippen molar-refractivity contribution in [2.75, 3.05) is 0 Å². The summed E-state index contributed by atoms with van der Waals surface area (Å²) < 4.78 is 0. The molecule has 0 amide bonds. The first-order valence-electron chi connectivity index (χ1n) is 9.82. The summed E-state index contributed by atoms with van der Waals surface area (Å²) in [7, 11) is 0. The van der Waals surface area contributed by atoms with Crippen LogP contribution in [-0.4, -0.2) is 38.7 Å². The van der Waals surface area contributed by atoms with Crippen LogP contribution >= 0.6 is 0 Å². The molecule has 1 unspecified atom stereocenters. The largest absolute Gasteiger partial charge is 0.481 e. The standard InChI is InChI=1S/C16H28O4.C4H10O2/c1-2-3-4-5-6-7-8-9-10-11-12-14(16(19)20)13-15(17)18;1-2-3-4(5)6/h11-12,14H,2-10,13H2,1H3,(H,17,18)(H,19,20);4-6H,2-3H2,1H3. The second-order valence-corrected chi connectivity index (χ2v) is 6.50. The second kappa shape index (κ2) is 19.9. The monoisotopic (exact) mass is 374 g/mol. The van der Waals surface area contributed by atoms with Gasteiger partial charge < -0.3 is 20.4 Å². The van der Waals surface area contributed by atoms with Gasteiger partial charge in [0.1, 0.15) is 0 Å². The van der Waals surface area contributed by atoms with Gasteiger partial charge in [0, 0.05) is 0 Å². The van der Waals surface area contributed by atoms with Crippen molar-refractivity contribution in [2.24, 2.45) is 5.92 Å². The SMILES string of the molecule is CCCC(O)O.CCCCCCCCCCC=CC(CC(=O)O)C(=O)O. The average molecular weight is 375 g/mol. The Kier molecular flexibility index (Phi) is 20.6. The predicted molar refractivity (Wildman–Crippen MR) is 103 cm³/mol. The molecule has 6 heteroatoms. The molecule has 0 aromatic rings. The lowest BCUT2D eigenvalue weighted by Gasteiger charge is -2.03. The van der Waals surface area contributed by atoms with Crippen LogP contribution in [0.2, 0.25) is 0 Å². The van der Waals surface area contributed by atoms with Crippen LogP contribution in [0.25, 0.3) is 0 Å². The van der Waals surface area contributed by atoms with Crippen molar-refractivity contribution in [1.82, 2.24) is 0 Å². The highest BCUT2D eigenvalue weighted by molar-refractivity contribution is 5.79. The van der Waals surface area contributed by atoms with Gasteiger partial charge in [-0.3, -0.25) is 9.59 Å². The molecule has 0 aliphatic carbocycles. The van der Waals surface area contributed by atoms with Crippen molar-refractivity contribution in [2.45, 2.75) is 97.2 Å². The van der Waals surface area contributed by atoms with Crippen LogP contribution in [0.4, 0.5) is 0 Å². The topological polar surface area (TPSA) is 115 Å². The molecule has 4 N–H and O–H groups in total. The maximum absolute atomic E-state index is 10.8. The Morgan fingerprint density at radius 3 is 1.77 bits per heavy atom. The van der Waals surface area contributed by atoms with E-state index >= 15 is 0 Å². The van der Waals surface area contributed by atoms with E-state index < -0.39 is 24.1 Å². The third-order valence-corrected chi connectivity index (χ3v) is 3.85. The number of aliphatic hydroxyl groups is 2. The molecule has 0 radical (unpaired) electrons. The molecule has 0 aliphatic rings. The molecule has 0 saturated carbocycles. The number of allylic oxidation sites excluding steroid dienone is 1. The summed E-state index contributed by atoms with van der Waals surface area (Å²) in [5.41, 5.74) is 0. The van der Waals surface area contributed by atoms with Crippen LogP contribution < -0.4 is 0 Å². The molecule has 154 valence electrons. The van der Waals surface area contributed by atoms with E-state index in [-0.39, 0.29) is 6.42 Å². The highest BCUT2D eigenvalue weighted by Gasteiger charge is 2.17. The van der Waals surface area contributed by atoms with Gasteiger partial charge in [0.2, 0.25) is 0 Å². The number of carboxylic acids is 2. The maximum Gasteiger partial charge on any atom is 0.310 e. The van der Waals surface area contributed by atoms with E-state index in [0.29, 0.717) is 6.42 Å². The van der Waals surface area contributed by atoms with Crippen molar-refractivity contribution in [3.8, 4) is 0 Å². The van der Waals surface area contributed by atoms with Gasteiger partial charge in [0.15, 0.2) is 6.29 Å². The summed E-state index contributed by atoms with van der Waals surface area (Å²) in [6.07, 6.45) is 14.0. The molecule has 0 aromatic heterocycles. The Morgan fingerprint density at radius 2 is 1.38 bits per heavy atom. The van der Waals surface area contributed by atoms with Gasteiger partial charge in [-0.2, -0.15) is 0 Å². The lowest BCUT2D eigenvalue weighted by molar-refractivity contribution is -0.146. The summed E-state index contributed by atoms with van der Waals surface area (Å²) >= 11 is 0. The molecule has 0 heterocycles. The minimum Gasteiger partial charge on any atom is -0.481 e. The van der Waals surface area contributed by atoms with Crippen LogP contribution in [0.15, 0.2) is 12.2 Å². The second-order valence-electron chi connectivity index (χ2n) is 6.50. The zero-order valence-electron chi connectivity index (χ0n) is 16.4. The first kappa shape index (κ1) is 26.8. The Labute approximate surface area is 157 Å². The molecule has 26 heavy (non-hydrogen) atoms. The van der Waals surface area contributed by atoms with E-state index in [9.17, 15) is 9.59 Å². The number of aliphatic hydroxyl groups excluding tert-OH is 1. The van der Waals surface area contributed by atoms with E-state index in [1.165, 1.54) is 44.6 Å². The molecule has 0 rings (SSSR count). The highest BCUT2D eigenvalue weighted by atomic mass is 16.5. The molecular weight excluding hydrogens is 336 g/mol. The van der Waals surface area contributed by atoms with Crippen molar-refractivity contribution in [1.29, 1.82) is 0 Å². The van der Waals surface area contributed by atoms with Crippen LogP contribution in [0.1, 0.15) is 90.9 Å². The lowest BCUT2D eigenvalue weighted by atomic mass is 10.0. The Morgan fingerprint density at radius 1 is 0.846 bits per heavy atom. The van der Waals surface area contributed by atoms with Gasteiger partial charge in [-0.25, -0.2) is 0 Å². The Bertz CT molecular complexity index is 365. The Balaban J connectivity index is 0. The maximum atomic E-state index is 10.8. The third-order valence-electron chi connectivity index (χ3n) is 3.85. The summed E-state index contributed by atoms with van der Waals surface area (Å²) in [5.74, 6) is -3.05. The van der Waals surface area contributed by atoms with E-state index in [4.69, 9.17) is 20.4 Å². The van der Waals surface area contributed by atoms with Crippen LogP contribution in [0.3, 0.4) is 0 Å². The van der Waals surface area contributed by atoms with Gasteiger partial charge in [0.25, 0.3) is 0 Å². The van der Waals surface area contributed by atoms with Crippen LogP contribution in [-0.2, 0) is 9.59 Å². The molecule has 0 aromatic carbocycles. The van der Waals surface area contributed by atoms with E-state index in [1.807, 2.05) is 6.92 Å². The first-order chi connectivity index (χ1) is 12.3. The first-order valence-corrected chi connectivity index (χ1v) is 9.82. The number of hydrogen-bond acceptors (Lipinski definition) is 4. The minimum absolute atomic E-state index is 0.344. The number of hydrogen-bond donors (Lipinski definition) is 4. The molecule has 0 spiro atoms. The molecule has 0 fully saturated rings. The number of rotatable bonds is 15. The van der Waals surface area contributed by atoms with Crippen molar-refractivity contribution >= 4 is 11.9 Å². The number of unbranched alkanes of at least 4 members (excludes halogenated alkanes) is 8. The van der Waals surface area contributed by atoms with Gasteiger partial charge in [-0.15, -0.1) is 0 Å². The summed E-state index contributed by atoms with van der Waals surface area (Å²) in [6.45, 7) is 4.11. The number of carbonyl (C=O) groups is 2. The van der Waals surface area contributed by atoms with E-state index in [2.05, 4.69) is 6.92 Å². The molecule has 6 nitrogen and oxygen atoms in total. The molecular formula is C20H38O6. The smallest absolute Gasteiger partial charge is 0.310 e. The number of carboxylic acid groups (broad SMARTS) is 2. The summed E-state index contributed by atoms with van der Waals surface area (Å²) in [6, 6.07) is 0. The number of aliphatic carboxylic acids is 2. The van der Waals surface area contributed by atoms with Crippen molar-refractivity contribution in [3.63, 3.8) is 0 Å². The van der Waals surface area contributed by atoms with Crippen molar-refractivity contribution in [3.05, 3.63) is 12.2 Å². The van der Waals surface area contributed by atoms with Gasteiger partial charge in [0.05, 0.1) is 12.3 Å². The highest BCUT2D eigenvalue weighted by Crippen LogP contribution is 2.11. The van der Waals surface area contributed by atoms with Crippen LogP contribution in [0.5, 0.6) is 0 Å². The fourth-order valence-corrected chi connectivity index (χ4v) is 2.34. The van der Waals surface area contributed by atoms with E-state index in [0.717, 1.165) is 25.7 Å². The fraction of sp³-hybridized carbons (Fsp3) is 0.800. The average Bonchev–Trinajstić information content (AvgIpc) is 2.55. The van der Waals surface area contributed by atoms with Gasteiger partial charge in [-0.05, 0) is 19.3 Å². The third kappa shape index (κ3) is 22.6. The normalized spacial score (nSPS) is 12.0. The molecule has 0 bridgehead atoms. The van der Waals surface area contributed by atoms with Crippen LogP contribution in [0, 0.1) is 5.92 Å². The van der Waals surface area contributed by atoms with Crippen molar-refractivity contribution < 1.29 is 30.0 Å². The Hall–Kier alpha value is -1.40. The predicted octanol–water partition coefficient (Wildman–Crippen LogP) is 4.35. The lowest BCUT2D eigenvalue weighted by Crippen LogP contribution is -2.15. The fourth-order valence-electron chi connectivity index (χ4n) is 2.34. The molecule has 0 saturated heterocycles.